The van der Waals surface area contributed by atoms with Crippen LogP contribution in [0.1, 0.15) is 5.56 Å². The van der Waals surface area contributed by atoms with E-state index in [2.05, 4.69) is 10.2 Å². The zero-order valence-electron chi connectivity index (χ0n) is 10.4. The van der Waals surface area contributed by atoms with Crippen LogP contribution < -0.4 is 5.32 Å². The average molecular weight is 270 g/mol. The zero-order valence-corrected chi connectivity index (χ0v) is 11.2. The van der Waals surface area contributed by atoms with Crippen LogP contribution in [-0.2, 0) is 6.54 Å². The molecule has 0 aromatic heterocycles. The summed E-state index contributed by atoms with van der Waals surface area (Å²) in [5.41, 5.74) is 0.615. The van der Waals surface area contributed by atoms with Crippen LogP contribution >= 0.6 is 11.8 Å². The Hall–Kier alpha value is -0.780. The van der Waals surface area contributed by atoms with E-state index in [0.717, 1.165) is 26.2 Å². The summed E-state index contributed by atoms with van der Waals surface area (Å²) in [5.74, 6) is 2.27. The summed E-state index contributed by atoms with van der Waals surface area (Å²) < 4.78 is 13.0. The molecule has 1 fully saturated rings. The van der Waals surface area contributed by atoms with E-state index < -0.39 is 0 Å². The summed E-state index contributed by atoms with van der Waals surface area (Å²) in [6.45, 7) is 4.68. The van der Waals surface area contributed by atoms with Gasteiger partial charge in [-0.1, -0.05) is 0 Å². The van der Waals surface area contributed by atoms with Gasteiger partial charge in [-0.3, -0.25) is 0 Å². The van der Waals surface area contributed by atoms with Gasteiger partial charge in [-0.05, 0) is 18.2 Å². The number of aromatic hydroxyl groups is 1. The van der Waals surface area contributed by atoms with E-state index in [1.807, 2.05) is 11.8 Å². The first-order valence-electron chi connectivity index (χ1n) is 6.24. The predicted molar refractivity (Wildman–Crippen MR) is 73.5 cm³/mol. The highest BCUT2D eigenvalue weighted by molar-refractivity contribution is 7.99. The average Bonchev–Trinajstić information content (AvgIpc) is 2.40. The Morgan fingerprint density at radius 3 is 2.89 bits per heavy atom. The summed E-state index contributed by atoms with van der Waals surface area (Å²) in [7, 11) is 0. The fourth-order valence-corrected chi connectivity index (χ4v) is 2.96. The molecular formula is C13H19FN2OS. The van der Waals surface area contributed by atoms with Crippen molar-refractivity contribution in [2.45, 2.75) is 6.54 Å². The number of hydrogen-bond acceptors (Lipinski definition) is 4. The van der Waals surface area contributed by atoms with Crippen molar-refractivity contribution in [2.75, 3.05) is 37.7 Å². The largest absolute Gasteiger partial charge is 0.508 e. The lowest BCUT2D eigenvalue weighted by molar-refractivity contribution is 0.300. The van der Waals surface area contributed by atoms with Crippen LogP contribution in [0.25, 0.3) is 0 Å². The topological polar surface area (TPSA) is 35.5 Å². The van der Waals surface area contributed by atoms with Gasteiger partial charge in [0.05, 0.1) is 0 Å². The maximum absolute atomic E-state index is 13.0. The molecule has 5 heteroatoms. The fourth-order valence-electron chi connectivity index (χ4n) is 1.98. The summed E-state index contributed by atoms with van der Waals surface area (Å²) in [4.78, 5) is 2.43. The molecule has 1 saturated heterocycles. The third-order valence-corrected chi connectivity index (χ3v) is 4.01. The van der Waals surface area contributed by atoms with Crippen molar-refractivity contribution in [1.82, 2.24) is 10.2 Å². The molecule has 1 aromatic carbocycles. The Bertz CT molecular complexity index is 383. The fraction of sp³-hybridized carbons (Fsp3) is 0.538. The van der Waals surface area contributed by atoms with Crippen molar-refractivity contribution in [3.63, 3.8) is 0 Å². The molecule has 100 valence electrons. The first-order valence-corrected chi connectivity index (χ1v) is 7.39. The molecule has 0 radical (unpaired) electrons. The summed E-state index contributed by atoms with van der Waals surface area (Å²) >= 11 is 2.00. The number of thioether (sulfide) groups is 1. The lowest BCUT2D eigenvalue weighted by Crippen LogP contribution is -2.37. The minimum Gasteiger partial charge on any atom is -0.508 e. The quantitative estimate of drug-likeness (QED) is 0.798. The highest BCUT2D eigenvalue weighted by Gasteiger charge is 2.09. The summed E-state index contributed by atoms with van der Waals surface area (Å²) in [6.07, 6.45) is 0. The number of hydrogen-bond donors (Lipinski definition) is 2. The van der Waals surface area contributed by atoms with Crippen LogP contribution in [-0.4, -0.2) is 47.7 Å². The van der Waals surface area contributed by atoms with Crippen molar-refractivity contribution < 1.29 is 9.50 Å². The Morgan fingerprint density at radius 1 is 1.33 bits per heavy atom. The number of rotatable bonds is 5. The molecule has 1 aromatic rings. The van der Waals surface area contributed by atoms with Gasteiger partial charge in [0.1, 0.15) is 11.6 Å². The minimum absolute atomic E-state index is 0.151. The molecule has 0 unspecified atom stereocenters. The Morgan fingerprint density at radius 2 is 2.11 bits per heavy atom. The zero-order chi connectivity index (χ0) is 12.8. The SMILES string of the molecule is Oc1ccc(F)cc1CNCCN1CCSCC1. The molecule has 1 aliphatic rings. The monoisotopic (exact) mass is 270 g/mol. The Balaban J connectivity index is 1.69. The molecule has 0 saturated carbocycles. The van der Waals surface area contributed by atoms with Crippen LogP contribution in [0.15, 0.2) is 18.2 Å². The molecule has 3 nitrogen and oxygen atoms in total. The van der Waals surface area contributed by atoms with Crippen LogP contribution in [0, 0.1) is 5.82 Å². The van der Waals surface area contributed by atoms with Crippen LogP contribution in [0.4, 0.5) is 4.39 Å². The lowest BCUT2D eigenvalue weighted by Gasteiger charge is -2.26. The number of phenols is 1. The maximum Gasteiger partial charge on any atom is 0.123 e. The van der Waals surface area contributed by atoms with Gasteiger partial charge in [0.2, 0.25) is 0 Å². The van der Waals surface area contributed by atoms with Gasteiger partial charge in [0.15, 0.2) is 0 Å². The number of halogens is 1. The molecule has 0 amide bonds. The van der Waals surface area contributed by atoms with Gasteiger partial charge < -0.3 is 15.3 Å². The molecule has 0 aliphatic carbocycles. The Kier molecular flexibility index (Phi) is 5.28. The van der Waals surface area contributed by atoms with Crippen molar-refractivity contribution in [3.05, 3.63) is 29.6 Å². The van der Waals surface area contributed by atoms with Crippen molar-refractivity contribution in [1.29, 1.82) is 0 Å². The van der Waals surface area contributed by atoms with Crippen molar-refractivity contribution >= 4 is 11.8 Å². The van der Waals surface area contributed by atoms with Gasteiger partial charge in [-0.25, -0.2) is 4.39 Å². The molecule has 0 bridgehead atoms. The standard InChI is InChI=1S/C13H19FN2OS/c14-12-1-2-13(17)11(9-12)10-15-3-4-16-5-7-18-8-6-16/h1-2,9,15,17H,3-8,10H2. The second-order valence-electron chi connectivity index (χ2n) is 4.40. The van der Waals surface area contributed by atoms with E-state index >= 15 is 0 Å². The number of benzene rings is 1. The molecular weight excluding hydrogens is 251 g/mol. The van der Waals surface area contributed by atoms with Crippen molar-refractivity contribution in [3.8, 4) is 5.75 Å². The van der Waals surface area contributed by atoms with E-state index in [4.69, 9.17) is 0 Å². The number of nitrogens with zero attached hydrogens (tertiary/aromatic N) is 1. The molecule has 0 atom stereocenters. The Labute approximate surface area is 111 Å². The first kappa shape index (κ1) is 13.6. The second kappa shape index (κ2) is 6.97. The van der Waals surface area contributed by atoms with Gasteiger partial charge in [0.25, 0.3) is 0 Å². The van der Waals surface area contributed by atoms with Gasteiger partial charge >= 0.3 is 0 Å². The van der Waals surface area contributed by atoms with E-state index in [-0.39, 0.29) is 11.6 Å². The van der Waals surface area contributed by atoms with E-state index in [0.29, 0.717) is 12.1 Å². The van der Waals surface area contributed by atoms with E-state index in [1.165, 1.54) is 29.7 Å². The number of nitrogens with one attached hydrogen (secondary N) is 1. The highest BCUT2D eigenvalue weighted by atomic mass is 32.2. The van der Waals surface area contributed by atoms with E-state index in [9.17, 15) is 9.50 Å². The molecule has 2 rings (SSSR count). The van der Waals surface area contributed by atoms with Gasteiger partial charge in [-0.15, -0.1) is 0 Å². The lowest BCUT2D eigenvalue weighted by atomic mass is 10.2. The third-order valence-electron chi connectivity index (χ3n) is 3.07. The van der Waals surface area contributed by atoms with Gasteiger partial charge in [0, 0.05) is 49.8 Å². The molecule has 1 aliphatic heterocycles. The summed E-state index contributed by atoms with van der Waals surface area (Å²) in [5, 5.41) is 12.8. The number of phenolic OH excluding ortho intramolecular Hbond substituents is 1. The normalized spacial score (nSPS) is 16.9. The minimum atomic E-state index is -0.308. The predicted octanol–water partition coefficient (Wildman–Crippen LogP) is 1.67. The van der Waals surface area contributed by atoms with Crippen LogP contribution in [0.5, 0.6) is 5.75 Å². The molecule has 2 N–H and O–H groups in total. The highest BCUT2D eigenvalue weighted by Crippen LogP contribution is 2.17. The van der Waals surface area contributed by atoms with Crippen LogP contribution in [0.2, 0.25) is 0 Å². The molecule has 1 heterocycles. The molecule has 0 spiro atoms. The second-order valence-corrected chi connectivity index (χ2v) is 5.63. The van der Waals surface area contributed by atoms with E-state index in [1.54, 1.807) is 0 Å². The first-order chi connectivity index (χ1) is 8.75. The van der Waals surface area contributed by atoms with Gasteiger partial charge in [-0.2, -0.15) is 11.8 Å². The van der Waals surface area contributed by atoms with Crippen molar-refractivity contribution in [2.24, 2.45) is 0 Å². The third kappa shape index (κ3) is 4.15. The maximum atomic E-state index is 13.0. The smallest absolute Gasteiger partial charge is 0.123 e. The molecule has 18 heavy (non-hydrogen) atoms. The van der Waals surface area contributed by atoms with Crippen LogP contribution in [0.3, 0.4) is 0 Å². The summed E-state index contributed by atoms with van der Waals surface area (Å²) in [6, 6.07) is 4.04.